The van der Waals surface area contributed by atoms with Gasteiger partial charge in [0.1, 0.15) is 19.8 Å². The van der Waals surface area contributed by atoms with Crippen molar-refractivity contribution in [3.63, 3.8) is 0 Å². The molecule has 3 unspecified atom stereocenters. The Kier molecular flexibility index (Phi) is 36.0. The maximum Gasteiger partial charge on any atom is 0.472 e. The summed E-state index contributed by atoms with van der Waals surface area (Å²) in [6, 6.07) is 0. The number of unbranched alkanes of at least 4 members (excludes halogenated alkanes) is 14. The smallest absolute Gasteiger partial charge is 0.462 e. The van der Waals surface area contributed by atoms with E-state index < -0.39 is 32.5 Å². The Morgan fingerprint density at radius 1 is 0.581 bits per heavy atom. The fraction of sp³-hybridized carbons (Fsp3) is 0.725. The summed E-state index contributed by atoms with van der Waals surface area (Å²) in [5, 5.41) is 0. The molecular formula is C51H89NO9P+. The lowest BCUT2D eigenvalue weighted by molar-refractivity contribution is -0.870. The van der Waals surface area contributed by atoms with E-state index in [0.717, 1.165) is 77.0 Å². The molecule has 10 nitrogen and oxygen atoms in total. The number of phosphoric acid groups is 1. The number of carbonyl (C=O) groups excluding carboxylic acids is 2. The van der Waals surface area contributed by atoms with Crippen LogP contribution in [-0.4, -0.2) is 87.1 Å². The van der Waals surface area contributed by atoms with Crippen LogP contribution in [0.1, 0.15) is 174 Å². The molecule has 0 aromatic rings. The molecule has 356 valence electrons. The number of allylic oxidation sites excluding steroid dienone is 10. The van der Waals surface area contributed by atoms with Gasteiger partial charge in [0.05, 0.1) is 40.0 Å². The quantitative estimate of drug-likeness (QED) is 0.0159. The summed E-state index contributed by atoms with van der Waals surface area (Å²) in [5.41, 5.74) is 0. The molecule has 1 rings (SSSR count). The second-order valence-corrected chi connectivity index (χ2v) is 19.0. The zero-order valence-electron chi connectivity index (χ0n) is 39.8. The van der Waals surface area contributed by atoms with Gasteiger partial charge < -0.3 is 23.6 Å². The topological polar surface area (TPSA) is 121 Å². The molecule has 0 aliphatic carbocycles. The Morgan fingerprint density at radius 3 is 1.63 bits per heavy atom. The predicted molar refractivity (Wildman–Crippen MR) is 256 cm³/mol. The highest BCUT2D eigenvalue weighted by Gasteiger charge is 2.36. The summed E-state index contributed by atoms with van der Waals surface area (Å²) in [5.74, 6) is -0.889. The van der Waals surface area contributed by atoms with Crippen molar-refractivity contribution in [1.82, 2.24) is 0 Å². The van der Waals surface area contributed by atoms with E-state index in [2.05, 4.69) is 80.7 Å². The van der Waals surface area contributed by atoms with Gasteiger partial charge in [-0.15, -0.1) is 0 Å². The maximum atomic E-state index is 12.7. The van der Waals surface area contributed by atoms with E-state index in [1.807, 2.05) is 27.2 Å². The number of carbonyl (C=O) groups is 2. The van der Waals surface area contributed by atoms with Gasteiger partial charge in [0.2, 0.25) is 0 Å². The number of esters is 2. The highest BCUT2D eigenvalue weighted by molar-refractivity contribution is 7.47. The average molecular weight is 891 g/mol. The van der Waals surface area contributed by atoms with Crippen LogP contribution in [0.3, 0.4) is 0 Å². The molecule has 0 aromatic carbocycles. The summed E-state index contributed by atoms with van der Waals surface area (Å²) in [4.78, 5) is 35.5. The lowest BCUT2D eigenvalue weighted by Gasteiger charge is -2.24. The largest absolute Gasteiger partial charge is 0.472 e. The van der Waals surface area contributed by atoms with E-state index >= 15 is 0 Å². The minimum Gasteiger partial charge on any atom is -0.462 e. The van der Waals surface area contributed by atoms with Crippen LogP contribution in [0.4, 0.5) is 0 Å². The second kappa shape index (κ2) is 38.8. The third-order valence-electron chi connectivity index (χ3n) is 10.4. The molecule has 11 heteroatoms. The van der Waals surface area contributed by atoms with Gasteiger partial charge in [0, 0.05) is 12.8 Å². The fourth-order valence-corrected chi connectivity index (χ4v) is 7.15. The zero-order valence-corrected chi connectivity index (χ0v) is 40.7. The van der Waals surface area contributed by atoms with Gasteiger partial charge in [0.15, 0.2) is 6.10 Å². The fourth-order valence-electron chi connectivity index (χ4n) is 6.41. The molecule has 1 fully saturated rings. The van der Waals surface area contributed by atoms with Crippen LogP contribution in [0.15, 0.2) is 72.9 Å². The summed E-state index contributed by atoms with van der Waals surface area (Å²) >= 11 is 0. The second-order valence-electron chi connectivity index (χ2n) is 17.5. The van der Waals surface area contributed by atoms with Crippen LogP contribution in [0.5, 0.6) is 0 Å². The van der Waals surface area contributed by atoms with E-state index in [1.165, 1.54) is 51.4 Å². The van der Waals surface area contributed by atoms with E-state index in [1.54, 1.807) is 0 Å². The molecule has 1 saturated heterocycles. The standard InChI is InChI=1S/C51H88NO9P/c1-6-8-10-12-14-15-16-17-18-19-20-21-22-23-24-25-26-29-33-37-41-50(53)57-45-47(46-59-62(55,56)58-44-43-52(3,4)5)60-51(54)42-38-34-30-27-28-32-36-40-49-48(61-49)39-35-31-13-11-9-7-2/h15-16,18-19,21-22,27,30-32,35-36,47-49H,6-14,17,20,23-26,28-29,33-34,37-46H2,1-5H3/p+1/b16-15-,19-18-,22-21-,30-27-,35-31-,36-32-/t47-,48?,49?/m1/s1. The summed E-state index contributed by atoms with van der Waals surface area (Å²) in [6.45, 7) is 4.27. The molecule has 0 bridgehead atoms. The summed E-state index contributed by atoms with van der Waals surface area (Å²) < 4.78 is 40.1. The first-order chi connectivity index (χ1) is 30.0. The Hall–Kier alpha value is -2.59. The van der Waals surface area contributed by atoms with E-state index in [4.69, 9.17) is 23.3 Å². The average Bonchev–Trinajstić information content (AvgIpc) is 3.98. The normalized spacial score (nSPS) is 17.4. The molecule has 62 heavy (non-hydrogen) atoms. The van der Waals surface area contributed by atoms with Crippen molar-refractivity contribution < 1.29 is 46.8 Å². The number of quaternary nitrogens is 1. The number of nitrogens with zero attached hydrogens (tertiary/aromatic N) is 1. The number of phosphoric ester groups is 1. The van der Waals surface area contributed by atoms with E-state index in [-0.39, 0.29) is 26.1 Å². The molecule has 0 radical (unpaired) electrons. The van der Waals surface area contributed by atoms with Crippen molar-refractivity contribution in [3.05, 3.63) is 72.9 Å². The third-order valence-corrected chi connectivity index (χ3v) is 11.3. The molecule has 1 aliphatic heterocycles. The van der Waals surface area contributed by atoms with Crippen molar-refractivity contribution >= 4 is 19.8 Å². The van der Waals surface area contributed by atoms with E-state index in [9.17, 15) is 19.0 Å². The number of hydrogen-bond acceptors (Lipinski definition) is 8. The van der Waals surface area contributed by atoms with Gasteiger partial charge in [-0.05, 0) is 89.9 Å². The Bertz CT molecular complexity index is 1350. The zero-order chi connectivity index (χ0) is 45.4. The molecule has 0 saturated carbocycles. The van der Waals surface area contributed by atoms with E-state index in [0.29, 0.717) is 42.5 Å². The van der Waals surface area contributed by atoms with Crippen LogP contribution in [0.25, 0.3) is 0 Å². The molecule has 1 aliphatic rings. The minimum atomic E-state index is -4.41. The molecule has 0 aromatic heterocycles. The SMILES string of the molecule is CCCCC/C=C\CC1OC1C/C=C\C/C=C\CCCC(=O)O[C@H](COC(=O)CCCCCCCC/C=C\C/C=C\C/C=C\CCCCCC)COP(=O)(O)OCC[N+](C)(C)C. The highest BCUT2D eigenvalue weighted by atomic mass is 31.2. The van der Waals surface area contributed by atoms with Crippen molar-refractivity contribution in [1.29, 1.82) is 0 Å². The lowest BCUT2D eigenvalue weighted by atomic mass is 10.1. The number of ether oxygens (including phenoxy) is 3. The van der Waals surface area contributed by atoms with Gasteiger partial charge in [-0.2, -0.15) is 0 Å². The van der Waals surface area contributed by atoms with Crippen molar-refractivity contribution in [3.8, 4) is 0 Å². The van der Waals surface area contributed by atoms with Crippen molar-refractivity contribution in [2.24, 2.45) is 0 Å². The Labute approximate surface area is 378 Å². The molecule has 0 spiro atoms. The van der Waals surface area contributed by atoms with Gasteiger partial charge in [-0.3, -0.25) is 18.6 Å². The molecule has 4 atom stereocenters. The van der Waals surface area contributed by atoms with Crippen molar-refractivity contribution in [2.75, 3.05) is 47.5 Å². The van der Waals surface area contributed by atoms with Gasteiger partial charge in [-0.1, -0.05) is 145 Å². The van der Waals surface area contributed by atoms with Gasteiger partial charge in [-0.25, -0.2) is 4.57 Å². The summed E-state index contributed by atoms with van der Waals surface area (Å²) in [6.07, 6.45) is 51.3. The van der Waals surface area contributed by atoms with Crippen LogP contribution in [0.2, 0.25) is 0 Å². The predicted octanol–water partition coefficient (Wildman–Crippen LogP) is 13.2. The lowest BCUT2D eigenvalue weighted by Crippen LogP contribution is -2.37. The first-order valence-electron chi connectivity index (χ1n) is 24.3. The molecule has 1 N–H and O–H groups in total. The summed E-state index contributed by atoms with van der Waals surface area (Å²) in [7, 11) is 1.42. The van der Waals surface area contributed by atoms with Crippen molar-refractivity contribution in [2.45, 2.75) is 193 Å². The number of rotatable bonds is 42. The minimum absolute atomic E-state index is 0.0131. The highest BCUT2D eigenvalue weighted by Crippen LogP contribution is 2.43. The first-order valence-corrected chi connectivity index (χ1v) is 25.8. The van der Waals surface area contributed by atoms with Gasteiger partial charge >= 0.3 is 19.8 Å². The van der Waals surface area contributed by atoms with Crippen LogP contribution in [-0.2, 0) is 37.4 Å². The maximum absolute atomic E-state index is 12.7. The van der Waals surface area contributed by atoms with Crippen LogP contribution in [0, 0.1) is 0 Å². The number of hydrogen-bond donors (Lipinski definition) is 1. The van der Waals surface area contributed by atoms with Crippen LogP contribution < -0.4 is 0 Å². The number of epoxide rings is 1. The number of likely N-dealkylation sites (N-methyl/N-ethyl adjacent to an activating group) is 1. The monoisotopic (exact) mass is 891 g/mol. The molecule has 1 heterocycles. The Morgan fingerprint density at radius 2 is 1.03 bits per heavy atom. The molecule has 0 amide bonds. The van der Waals surface area contributed by atoms with Gasteiger partial charge in [0.25, 0.3) is 0 Å². The third kappa shape index (κ3) is 39.0. The Balaban J connectivity index is 2.30. The first kappa shape index (κ1) is 57.4. The molecular weight excluding hydrogens is 802 g/mol. The van der Waals surface area contributed by atoms with Crippen LogP contribution >= 0.6 is 7.82 Å².